The molecule has 2 unspecified atom stereocenters. The minimum atomic E-state index is -1.88. The Morgan fingerprint density at radius 3 is 2.56 bits per heavy atom. The number of hydrogen-bond acceptors (Lipinski definition) is 5. The average Bonchev–Trinajstić information content (AvgIpc) is 2.38. The van der Waals surface area contributed by atoms with Gasteiger partial charge in [0.2, 0.25) is 0 Å². The van der Waals surface area contributed by atoms with Gasteiger partial charge in [-0.3, -0.25) is 0 Å². The van der Waals surface area contributed by atoms with E-state index in [1.54, 1.807) is 0 Å². The maximum Gasteiger partial charge on any atom is 0.376 e. The minimum Gasteiger partial charge on any atom is -0.461 e. The van der Waals surface area contributed by atoms with E-state index >= 15 is 0 Å². The zero-order chi connectivity index (χ0) is 14.0. The number of carbonyl (C=O) groups excluding carboxylic acids is 2. The number of aliphatic hydroxyl groups excluding tert-OH is 1. The van der Waals surface area contributed by atoms with Gasteiger partial charge in [-0.05, 0) is 12.3 Å². The summed E-state index contributed by atoms with van der Waals surface area (Å²) in [5, 5.41) is 9.22. The summed E-state index contributed by atoms with van der Waals surface area (Å²) in [5.74, 6) is -1.53. The monoisotopic (exact) mass is 258 g/mol. The second-order valence-corrected chi connectivity index (χ2v) is 4.04. The van der Waals surface area contributed by atoms with Crippen molar-refractivity contribution in [1.29, 1.82) is 0 Å². The van der Waals surface area contributed by atoms with E-state index in [-0.39, 0.29) is 12.5 Å². The van der Waals surface area contributed by atoms with Crippen molar-refractivity contribution in [2.24, 2.45) is 5.92 Å². The molecule has 0 aromatic rings. The van der Waals surface area contributed by atoms with Crippen LogP contribution >= 0.6 is 0 Å². The zero-order valence-electron chi connectivity index (χ0n) is 11.1. The Labute approximate surface area is 108 Å². The van der Waals surface area contributed by atoms with Crippen molar-refractivity contribution in [3.63, 3.8) is 0 Å². The van der Waals surface area contributed by atoms with E-state index in [4.69, 9.17) is 4.74 Å². The molecule has 0 aromatic carbocycles. The SMILES string of the molecule is C=CC(=O)OC(O)C(=O)OCC(CC)CCCC. The summed E-state index contributed by atoms with van der Waals surface area (Å²) in [7, 11) is 0. The average molecular weight is 258 g/mol. The number of aliphatic hydroxyl groups is 1. The predicted molar refractivity (Wildman–Crippen MR) is 66.6 cm³/mol. The van der Waals surface area contributed by atoms with Crippen LogP contribution in [0.15, 0.2) is 12.7 Å². The number of esters is 2. The standard InChI is InChI=1S/C13H22O5/c1-4-7-8-10(5-2)9-17-12(15)13(16)18-11(14)6-3/h6,10,13,16H,3-5,7-9H2,1-2H3. The van der Waals surface area contributed by atoms with Crippen LogP contribution in [0.5, 0.6) is 0 Å². The van der Waals surface area contributed by atoms with E-state index in [0.29, 0.717) is 0 Å². The normalized spacial score (nSPS) is 13.5. The summed E-state index contributed by atoms with van der Waals surface area (Å²) in [4.78, 5) is 22.1. The van der Waals surface area contributed by atoms with Crippen LogP contribution in [0.25, 0.3) is 0 Å². The Morgan fingerprint density at radius 2 is 2.06 bits per heavy atom. The molecule has 0 aliphatic heterocycles. The fourth-order valence-electron chi connectivity index (χ4n) is 1.38. The smallest absolute Gasteiger partial charge is 0.376 e. The molecule has 1 N–H and O–H groups in total. The highest BCUT2D eigenvalue weighted by atomic mass is 16.7. The largest absolute Gasteiger partial charge is 0.461 e. The van der Waals surface area contributed by atoms with E-state index < -0.39 is 18.2 Å². The van der Waals surface area contributed by atoms with Crippen molar-refractivity contribution >= 4 is 11.9 Å². The summed E-state index contributed by atoms with van der Waals surface area (Å²) < 4.78 is 9.23. The van der Waals surface area contributed by atoms with E-state index in [1.165, 1.54) is 0 Å². The molecule has 0 saturated carbocycles. The Morgan fingerprint density at radius 1 is 1.39 bits per heavy atom. The summed E-state index contributed by atoms with van der Waals surface area (Å²) >= 11 is 0. The predicted octanol–water partition coefficient (Wildman–Crippen LogP) is 1.79. The Kier molecular flexibility index (Phi) is 8.92. The Hall–Kier alpha value is -1.36. The van der Waals surface area contributed by atoms with Gasteiger partial charge >= 0.3 is 11.9 Å². The molecule has 0 radical (unpaired) electrons. The van der Waals surface area contributed by atoms with Gasteiger partial charge in [0.1, 0.15) is 0 Å². The molecule has 0 aliphatic rings. The summed E-state index contributed by atoms with van der Waals surface area (Å²) in [6.07, 6.45) is 3.03. The third-order valence-corrected chi connectivity index (χ3v) is 2.60. The molecule has 0 saturated heterocycles. The number of unbranched alkanes of at least 4 members (excludes halogenated alkanes) is 1. The minimum absolute atomic E-state index is 0.234. The van der Waals surface area contributed by atoms with Gasteiger partial charge < -0.3 is 14.6 Å². The molecule has 0 heterocycles. The number of carbonyl (C=O) groups is 2. The van der Waals surface area contributed by atoms with E-state index in [1.807, 2.05) is 6.92 Å². The highest BCUT2D eigenvalue weighted by Crippen LogP contribution is 2.13. The van der Waals surface area contributed by atoms with Crippen LogP contribution in [0.3, 0.4) is 0 Å². The van der Waals surface area contributed by atoms with Crippen molar-refractivity contribution in [2.75, 3.05) is 6.61 Å². The topological polar surface area (TPSA) is 72.8 Å². The molecule has 0 fully saturated rings. The van der Waals surface area contributed by atoms with E-state index in [0.717, 1.165) is 31.8 Å². The number of ether oxygens (including phenoxy) is 2. The molecular formula is C13H22O5. The van der Waals surface area contributed by atoms with Crippen LogP contribution < -0.4 is 0 Å². The molecule has 0 rings (SSSR count). The lowest BCUT2D eigenvalue weighted by Crippen LogP contribution is -2.29. The summed E-state index contributed by atoms with van der Waals surface area (Å²) in [5.41, 5.74) is 0. The fourth-order valence-corrected chi connectivity index (χ4v) is 1.38. The van der Waals surface area contributed by atoms with Crippen LogP contribution in [0.2, 0.25) is 0 Å². The molecule has 2 atom stereocenters. The second kappa shape index (κ2) is 9.65. The van der Waals surface area contributed by atoms with Crippen molar-refractivity contribution in [3.05, 3.63) is 12.7 Å². The van der Waals surface area contributed by atoms with Crippen molar-refractivity contribution in [2.45, 2.75) is 45.8 Å². The van der Waals surface area contributed by atoms with Crippen LogP contribution in [0.1, 0.15) is 39.5 Å². The van der Waals surface area contributed by atoms with Gasteiger partial charge in [-0.15, -0.1) is 0 Å². The third-order valence-electron chi connectivity index (χ3n) is 2.60. The van der Waals surface area contributed by atoms with Crippen molar-refractivity contribution in [3.8, 4) is 0 Å². The molecule has 0 amide bonds. The first-order valence-corrected chi connectivity index (χ1v) is 6.22. The van der Waals surface area contributed by atoms with Gasteiger partial charge in [-0.1, -0.05) is 39.7 Å². The number of rotatable bonds is 9. The summed E-state index contributed by atoms with van der Waals surface area (Å²) in [6, 6.07) is 0. The Bertz CT molecular complexity index is 275. The van der Waals surface area contributed by atoms with Gasteiger partial charge in [0.15, 0.2) is 0 Å². The molecule has 0 aliphatic carbocycles. The van der Waals surface area contributed by atoms with Gasteiger partial charge in [0, 0.05) is 6.08 Å². The van der Waals surface area contributed by atoms with Gasteiger partial charge in [-0.25, -0.2) is 9.59 Å². The van der Waals surface area contributed by atoms with Crippen LogP contribution in [0.4, 0.5) is 0 Å². The van der Waals surface area contributed by atoms with Crippen LogP contribution in [-0.2, 0) is 19.1 Å². The molecule has 0 aromatic heterocycles. The third kappa shape index (κ3) is 7.06. The molecule has 18 heavy (non-hydrogen) atoms. The quantitative estimate of drug-likeness (QED) is 0.388. The summed E-state index contributed by atoms with van der Waals surface area (Å²) in [6.45, 7) is 7.50. The second-order valence-electron chi connectivity index (χ2n) is 4.04. The number of hydrogen-bond donors (Lipinski definition) is 1. The Balaban J connectivity index is 3.98. The maximum absolute atomic E-state index is 11.3. The van der Waals surface area contributed by atoms with E-state index in [2.05, 4.69) is 18.2 Å². The fraction of sp³-hybridized carbons (Fsp3) is 0.692. The lowest BCUT2D eigenvalue weighted by atomic mass is 10.0. The zero-order valence-corrected chi connectivity index (χ0v) is 11.1. The molecule has 5 heteroatoms. The van der Waals surface area contributed by atoms with E-state index in [9.17, 15) is 14.7 Å². The lowest BCUT2D eigenvalue weighted by molar-refractivity contribution is -0.189. The molecule has 104 valence electrons. The first kappa shape index (κ1) is 16.6. The maximum atomic E-state index is 11.3. The molecular weight excluding hydrogens is 236 g/mol. The van der Waals surface area contributed by atoms with Gasteiger partial charge in [-0.2, -0.15) is 0 Å². The van der Waals surface area contributed by atoms with Crippen LogP contribution in [-0.4, -0.2) is 29.9 Å². The van der Waals surface area contributed by atoms with Gasteiger partial charge in [0.05, 0.1) is 6.61 Å². The molecule has 0 bridgehead atoms. The highest BCUT2D eigenvalue weighted by Gasteiger charge is 2.21. The van der Waals surface area contributed by atoms with Crippen molar-refractivity contribution in [1.82, 2.24) is 0 Å². The highest BCUT2D eigenvalue weighted by molar-refractivity contribution is 5.84. The first-order chi connectivity index (χ1) is 8.54. The van der Waals surface area contributed by atoms with Crippen LogP contribution in [0, 0.1) is 5.92 Å². The first-order valence-electron chi connectivity index (χ1n) is 6.22. The van der Waals surface area contributed by atoms with Crippen molar-refractivity contribution < 1.29 is 24.2 Å². The molecule has 0 spiro atoms. The lowest BCUT2D eigenvalue weighted by Gasteiger charge is -2.16. The molecule has 5 nitrogen and oxygen atoms in total. The van der Waals surface area contributed by atoms with Gasteiger partial charge in [0.25, 0.3) is 6.29 Å².